The molecule has 3 rings (SSSR count). The van der Waals surface area contributed by atoms with Crippen LogP contribution >= 0.6 is 0 Å². The molecule has 0 atom stereocenters. The van der Waals surface area contributed by atoms with Crippen molar-refractivity contribution in [2.75, 3.05) is 39.8 Å². The lowest BCUT2D eigenvalue weighted by molar-refractivity contribution is -0.137. The summed E-state index contributed by atoms with van der Waals surface area (Å²) in [5.74, 6) is -0.0945. The number of amides is 1. The van der Waals surface area contributed by atoms with Gasteiger partial charge in [0, 0.05) is 58.6 Å². The smallest absolute Gasteiger partial charge is 0.340 e. The van der Waals surface area contributed by atoms with Crippen LogP contribution < -0.4 is 0 Å². The number of likely N-dealkylation sites (N-methyl/N-ethyl adjacent to an activating group) is 1. The molecular formula is C19H24F3N5O3S. The van der Waals surface area contributed by atoms with Crippen LogP contribution in [0.5, 0.6) is 0 Å². The fraction of sp³-hybridized carbons (Fsp3) is 0.474. The number of carbonyl (C=O) groups is 1. The molecule has 2 heterocycles. The zero-order valence-electron chi connectivity index (χ0n) is 17.2. The van der Waals surface area contributed by atoms with Crippen molar-refractivity contribution in [1.82, 2.24) is 23.9 Å². The molecule has 0 spiro atoms. The van der Waals surface area contributed by atoms with Crippen LogP contribution in [0.3, 0.4) is 0 Å². The lowest BCUT2D eigenvalue weighted by Crippen LogP contribution is -2.51. The van der Waals surface area contributed by atoms with E-state index in [1.807, 2.05) is 11.1 Å². The van der Waals surface area contributed by atoms with Gasteiger partial charge >= 0.3 is 6.18 Å². The minimum absolute atomic E-state index is 0.0945. The number of nitrogens with zero attached hydrogens (tertiary/aromatic N) is 5. The zero-order valence-corrected chi connectivity index (χ0v) is 18.0. The highest BCUT2D eigenvalue weighted by Gasteiger charge is 2.33. The molecule has 31 heavy (non-hydrogen) atoms. The standard InChI is InChI=1S/C19H24F3N5O3S/c1-24(12-15-11-23-25(2)13-15)18(28)14-26-7-9-27(10-8-26)31(29,30)17-5-3-16(4-6-17)19(20,21)22/h3-6,11,13H,7-10,12,14H2,1-2H3. The fourth-order valence-corrected chi connectivity index (χ4v) is 4.74. The molecular weight excluding hydrogens is 435 g/mol. The van der Waals surface area contributed by atoms with Crippen LogP contribution in [0.15, 0.2) is 41.6 Å². The van der Waals surface area contributed by atoms with Crippen LogP contribution in [0, 0.1) is 0 Å². The Morgan fingerprint density at radius 3 is 2.26 bits per heavy atom. The SMILES string of the molecule is CN(Cc1cnn(C)c1)C(=O)CN1CCN(S(=O)(=O)c2ccc(C(F)(F)F)cc2)CC1. The molecule has 1 aromatic carbocycles. The first kappa shape index (κ1) is 23.2. The molecule has 12 heteroatoms. The molecule has 0 aliphatic carbocycles. The van der Waals surface area contributed by atoms with Gasteiger partial charge < -0.3 is 4.90 Å². The maximum atomic E-state index is 12.7. The lowest BCUT2D eigenvalue weighted by Gasteiger charge is -2.34. The van der Waals surface area contributed by atoms with Crippen LogP contribution in [0.1, 0.15) is 11.1 Å². The molecule has 170 valence electrons. The van der Waals surface area contributed by atoms with Gasteiger partial charge in [0.2, 0.25) is 15.9 Å². The number of aryl methyl sites for hydroxylation is 1. The van der Waals surface area contributed by atoms with E-state index in [-0.39, 0.29) is 30.4 Å². The average Bonchev–Trinajstić information content (AvgIpc) is 3.12. The van der Waals surface area contributed by atoms with Crippen molar-refractivity contribution < 1.29 is 26.4 Å². The number of rotatable bonds is 6. The molecule has 0 radical (unpaired) electrons. The van der Waals surface area contributed by atoms with Gasteiger partial charge in [-0.2, -0.15) is 22.6 Å². The molecule has 8 nitrogen and oxygen atoms in total. The number of sulfonamides is 1. The predicted octanol–water partition coefficient (Wildman–Crippen LogP) is 1.40. The Balaban J connectivity index is 1.54. The van der Waals surface area contributed by atoms with Gasteiger partial charge in [-0.15, -0.1) is 0 Å². The maximum absolute atomic E-state index is 12.7. The van der Waals surface area contributed by atoms with E-state index in [1.54, 1.807) is 29.9 Å². The van der Waals surface area contributed by atoms with Crippen molar-refractivity contribution in [3.63, 3.8) is 0 Å². The zero-order chi connectivity index (χ0) is 22.8. The number of hydrogen-bond acceptors (Lipinski definition) is 5. The third kappa shape index (κ3) is 5.63. The van der Waals surface area contributed by atoms with Crippen LogP contribution in [-0.2, 0) is 34.6 Å². The molecule has 1 saturated heterocycles. The van der Waals surface area contributed by atoms with Crippen LogP contribution in [0.25, 0.3) is 0 Å². The van der Waals surface area contributed by atoms with Crippen molar-refractivity contribution in [2.45, 2.75) is 17.6 Å². The quantitative estimate of drug-likeness (QED) is 0.653. The average molecular weight is 459 g/mol. The largest absolute Gasteiger partial charge is 0.416 e. The van der Waals surface area contributed by atoms with Gasteiger partial charge in [0.25, 0.3) is 0 Å². The normalized spacial score (nSPS) is 16.4. The second-order valence-corrected chi connectivity index (χ2v) is 9.41. The summed E-state index contributed by atoms with van der Waals surface area (Å²) in [5, 5.41) is 4.07. The van der Waals surface area contributed by atoms with Gasteiger partial charge in [0.15, 0.2) is 0 Å². The third-order valence-electron chi connectivity index (χ3n) is 5.11. The summed E-state index contributed by atoms with van der Waals surface area (Å²) in [4.78, 5) is 15.7. The van der Waals surface area contributed by atoms with Gasteiger partial charge in [-0.3, -0.25) is 14.4 Å². The van der Waals surface area contributed by atoms with Crippen LogP contribution in [0.4, 0.5) is 13.2 Å². The van der Waals surface area contributed by atoms with E-state index in [0.717, 1.165) is 29.8 Å². The molecule has 1 aliphatic rings. The van der Waals surface area contributed by atoms with Gasteiger partial charge in [-0.1, -0.05) is 0 Å². The minimum atomic E-state index is -4.52. The van der Waals surface area contributed by atoms with Crippen molar-refractivity contribution >= 4 is 15.9 Å². The number of hydrogen-bond donors (Lipinski definition) is 0. The van der Waals surface area contributed by atoms with Crippen molar-refractivity contribution in [3.8, 4) is 0 Å². The number of aromatic nitrogens is 2. The van der Waals surface area contributed by atoms with Crippen molar-refractivity contribution in [2.24, 2.45) is 7.05 Å². The number of alkyl halides is 3. The van der Waals surface area contributed by atoms with E-state index in [1.165, 1.54) is 4.31 Å². The second kappa shape index (κ2) is 8.97. The predicted molar refractivity (Wildman–Crippen MR) is 106 cm³/mol. The number of carbonyl (C=O) groups excluding carboxylic acids is 1. The van der Waals surface area contributed by atoms with E-state index >= 15 is 0 Å². The molecule has 1 aliphatic heterocycles. The summed E-state index contributed by atoms with van der Waals surface area (Å²) in [6, 6.07) is 3.47. The van der Waals surface area contributed by atoms with Gasteiger partial charge in [-0.05, 0) is 24.3 Å². The van der Waals surface area contributed by atoms with E-state index in [0.29, 0.717) is 19.6 Å². The summed E-state index contributed by atoms with van der Waals surface area (Å²) in [7, 11) is -0.406. The second-order valence-electron chi connectivity index (χ2n) is 7.47. The van der Waals surface area contributed by atoms with E-state index < -0.39 is 21.8 Å². The first-order valence-corrected chi connectivity index (χ1v) is 11.0. The summed E-state index contributed by atoms with van der Waals surface area (Å²) in [5.41, 5.74) is 0.0102. The summed E-state index contributed by atoms with van der Waals surface area (Å²) in [6.07, 6.45) is -1.01. The van der Waals surface area contributed by atoms with Gasteiger partial charge in [-0.25, -0.2) is 8.42 Å². The first-order valence-electron chi connectivity index (χ1n) is 9.58. The topological polar surface area (TPSA) is 78.8 Å². The lowest BCUT2D eigenvalue weighted by atomic mass is 10.2. The fourth-order valence-electron chi connectivity index (χ4n) is 3.32. The number of piperazine rings is 1. The highest BCUT2D eigenvalue weighted by molar-refractivity contribution is 7.89. The molecule has 0 unspecified atom stereocenters. The maximum Gasteiger partial charge on any atom is 0.416 e. The Morgan fingerprint density at radius 2 is 1.74 bits per heavy atom. The highest BCUT2D eigenvalue weighted by Crippen LogP contribution is 2.30. The van der Waals surface area contributed by atoms with E-state index in [9.17, 15) is 26.4 Å². The molecule has 0 N–H and O–H groups in total. The minimum Gasteiger partial charge on any atom is -0.340 e. The molecule has 0 bridgehead atoms. The highest BCUT2D eigenvalue weighted by atomic mass is 32.2. The molecule has 0 saturated carbocycles. The Morgan fingerprint density at radius 1 is 1.13 bits per heavy atom. The van der Waals surface area contributed by atoms with Crippen molar-refractivity contribution in [3.05, 3.63) is 47.8 Å². The van der Waals surface area contributed by atoms with E-state index in [2.05, 4.69) is 5.10 Å². The van der Waals surface area contributed by atoms with Crippen molar-refractivity contribution in [1.29, 1.82) is 0 Å². The van der Waals surface area contributed by atoms with E-state index in [4.69, 9.17) is 0 Å². The summed E-state index contributed by atoms with van der Waals surface area (Å²) < 4.78 is 66.4. The Kier molecular flexibility index (Phi) is 6.72. The summed E-state index contributed by atoms with van der Waals surface area (Å²) >= 11 is 0. The first-order chi connectivity index (χ1) is 14.5. The van der Waals surface area contributed by atoms with Gasteiger partial charge in [0.05, 0.1) is 23.2 Å². The summed E-state index contributed by atoms with van der Waals surface area (Å²) in [6.45, 7) is 1.60. The Bertz CT molecular complexity index is 1010. The Hall–Kier alpha value is -2.44. The van der Waals surface area contributed by atoms with Crippen LogP contribution in [-0.4, -0.2) is 78.0 Å². The van der Waals surface area contributed by atoms with Crippen LogP contribution in [0.2, 0.25) is 0 Å². The number of benzene rings is 1. The Labute approximate surface area is 178 Å². The molecule has 1 amide bonds. The molecule has 1 aromatic heterocycles. The molecule has 1 fully saturated rings. The third-order valence-corrected chi connectivity index (χ3v) is 7.03. The molecule has 2 aromatic rings. The number of halogens is 3. The van der Waals surface area contributed by atoms with Gasteiger partial charge in [0.1, 0.15) is 0 Å². The monoisotopic (exact) mass is 459 g/mol.